The molecule has 0 radical (unpaired) electrons. The fraction of sp³-hybridized carbons (Fsp3) is 0.0820. The Morgan fingerprint density at radius 1 is 0.437 bits per heavy atom. The molecule has 6 bridgehead atoms. The van der Waals surface area contributed by atoms with Gasteiger partial charge >= 0.3 is 12.4 Å². The summed E-state index contributed by atoms with van der Waals surface area (Å²) in [6.07, 6.45) is -7.85. The zero-order valence-corrected chi connectivity index (χ0v) is 38.3. The highest BCUT2D eigenvalue weighted by molar-refractivity contribution is 6.16. The molecule has 13 rings (SSSR count). The van der Waals surface area contributed by atoms with Crippen LogP contribution in [0.4, 0.5) is 26.3 Å². The van der Waals surface area contributed by atoms with Gasteiger partial charge in [0.25, 0.3) is 0 Å². The molecule has 1 N–H and O–H groups in total. The molecule has 4 heterocycles. The number of halogens is 6. The van der Waals surface area contributed by atoms with E-state index in [1.165, 1.54) is 30.5 Å². The lowest BCUT2D eigenvalue weighted by Gasteiger charge is -2.27. The van der Waals surface area contributed by atoms with Crippen molar-refractivity contribution >= 4 is 49.8 Å². The molecule has 10 heteroatoms. The molecule has 0 saturated heterocycles. The standard InChI is InChI=1S/C61H38F6N4/c1-33-10-20-52-46(24-33)47-25-34(2)11-21-53(47)70(52)58-50(31-68)56(40-8-4-6-37(27-40)36-13-16-42(17-14-36)60(62,63)64)51(32-69)59-57(58)41-9-5-7-38(28-41)44-19-18-43(61(65,66)67)30-45(44)39-15-23-55-49(29-39)48-26-35(3)12-22-54(48)71(55)59/h4-30,32,69H,1-3H3. The molecule has 0 unspecified atom stereocenters. The van der Waals surface area contributed by atoms with E-state index in [0.717, 1.165) is 78.5 Å². The molecular formula is C61H38F6N4. The molecule has 0 saturated carbocycles. The number of nitrogens with zero attached hydrogens (tertiary/aromatic N) is 3. The maximum absolute atomic E-state index is 14.6. The second-order valence-corrected chi connectivity index (χ2v) is 18.5. The van der Waals surface area contributed by atoms with Crippen LogP contribution in [0, 0.1) is 37.5 Å². The molecule has 71 heavy (non-hydrogen) atoms. The van der Waals surface area contributed by atoms with E-state index in [1.54, 1.807) is 6.07 Å². The third kappa shape index (κ3) is 6.79. The van der Waals surface area contributed by atoms with Crippen LogP contribution in [0.3, 0.4) is 0 Å². The zero-order chi connectivity index (χ0) is 49.2. The smallest absolute Gasteiger partial charge is 0.308 e. The van der Waals surface area contributed by atoms with Crippen molar-refractivity contribution in [1.29, 1.82) is 10.7 Å². The molecule has 344 valence electrons. The van der Waals surface area contributed by atoms with Crippen LogP contribution in [0.15, 0.2) is 164 Å². The number of fused-ring (bicyclic) bond motifs is 5. The first-order valence-corrected chi connectivity index (χ1v) is 22.9. The number of hydrogen-bond donors (Lipinski definition) is 1. The van der Waals surface area contributed by atoms with Crippen molar-refractivity contribution in [2.75, 3.05) is 0 Å². The highest BCUT2D eigenvalue weighted by Gasteiger charge is 2.34. The van der Waals surface area contributed by atoms with Crippen molar-refractivity contribution in [2.24, 2.45) is 0 Å². The fourth-order valence-electron chi connectivity index (χ4n) is 10.8. The first-order chi connectivity index (χ1) is 34.1. The molecule has 0 fully saturated rings. The topological polar surface area (TPSA) is 57.5 Å². The van der Waals surface area contributed by atoms with E-state index >= 15 is 0 Å². The lowest BCUT2D eigenvalue weighted by molar-refractivity contribution is -0.138. The summed E-state index contributed by atoms with van der Waals surface area (Å²) < 4.78 is 89.3. The quantitative estimate of drug-likeness (QED) is 0.139. The van der Waals surface area contributed by atoms with Gasteiger partial charge in [-0.05, 0) is 150 Å². The second-order valence-electron chi connectivity index (χ2n) is 18.5. The largest absolute Gasteiger partial charge is 0.416 e. The summed E-state index contributed by atoms with van der Waals surface area (Å²) >= 11 is 0. The van der Waals surface area contributed by atoms with Crippen molar-refractivity contribution < 1.29 is 26.3 Å². The van der Waals surface area contributed by atoms with Gasteiger partial charge in [0.1, 0.15) is 6.07 Å². The summed E-state index contributed by atoms with van der Waals surface area (Å²) in [6, 6.07) is 50.6. The lowest BCUT2D eigenvalue weighted by atomic mass is 9.84. The van der Waals surface area contributed by atoms with Gasteiger partial charge in [-0.3, -0.25) is 0 Å². The average molecular weight is 941 g/mol. The predicted octanol–water partition coefficient (Wildman–Crippen LogP) is 17.4. The van der Waals surface area contributed by atoms with E-state index in [2.05, 4.69) is 33.4 Å². The number of rotatable bonds is 4. The Bertz CT molecular complexity index is 4080. The molecule has 11 aromatic rings. The first-order valence-electron chi connectivity index (χ1n) is 22.9. The van der Waals surface area contributed by atoms with Gasteiger partial charge in [0, 0.05) is 44.4 Å². The van der Waals surface area contributed by atoms with Crippen LogP contribution in [0.5, 0.6) is 0 Å². The number of aryl methyl sites for hydroxylation is 3. The highest BCUT2D eigenvalue weighted by Crippen LogP contribution is 2.51. The molecule has 2 aliphatic heterocycles. The van der Waals surface area contributed by atoms with Crippen LogP contribution in [-0.2, 0) is 12.4 Å². The van der Waals surface area contributed by atoms with Crippen molar-refractivity contribution in [3.8, 4) is 73.1 Å². The van der Waals surface area contributed by atoms with Gasteiger partial charge in [0.2, 0.25) is 0 Å². The molecule has 2 aliphatic rings. The van der Waals surface area contributed by atoms with Gasteiger partial charge < -0.3 is 14.5 Å². The summed E-state index contributed by atoms with van der Waals surface area (Å²) in [6.45, 7) is 6.05. The van der Waals surface area contributed by atoms with E-state index < -0.39 is 23.5 Å². The van der Waals surface area contributed by atoms with Crippen molar-refractivity contribution in [3.63, 3.8) is 0 Å². The third-order valence-electron chi connectivity index (χ3n) is 14.0. The second kappa shape index (κ2) is 15.7. The summed E-state index contributed by atoms with van der Waals surface area (Å²) in [5, 5.41) is 25.0. The van der Waals surface area contributed by atoms with Gasteiger partial charge in [-0.25, -0.2) is 0 Å². The van der Waals surface area contributed by atoms with Gasteiger partial charge in [-0.1, -0.05) is 95.6 Å². The number of nitriles is 1. The van der Waals surface area contributed by atoms with Crippen molar-refractivity contribution in [2.45, 2.75) is 33.1 Å². The fourth-order valence-corrected chi connectivity index (χ4v) is 10.8. The number of nitrogens with one attached hydrogen (secondary N) is 1. The maximum Gasteiger partial charge on any atom is 0.416 e. The molecule has 2 aromatic heterocycles. The summed E-state index contributed by atoms with van der Waals surface area (Å²) in [5.41, 5.74) is 11.9. The molecular weight excluding hydrogens is 903 g/mol. The van der Waals surface area contributed by atoms with E-state index in [0.29, 0.717) is 72.6 Å². The third-order valence-corrected chi connectivity index (χ3v) is 14.0. The zero-order valence-electron chi connectivity index (χ0n) is 38.3. The van der Waals surface area contributed by atoms with Gasteiger partial charge in [0.15, 0.2) is 0 Å². The number of alkyl halides is 6. The summed E-state index contributed by atoms with van der Waals surface area (Å²) in [7, 11) is 0. The Balaban J connectivity index is 1.32. The normalized spacial score (nSPS) is 12.3. The highest BCUT2D eigenvalue weighted by atomic mass is 19.4. The maximum atomic E-state index is 14.6. The number of aromatic nitrogens is 2. The number of benzene rings is 9. The van der Waals surface area contributed by atoms with Crippen LogP contribution in [0.25, 0.3) is 111 Å². The van der Waals surface area contributed by atoms with Crippen molar-refractivity contribution in [1.82, 2.24) is 9.13 Å². The van der Waals surface area contributed by atoms with Crippen molar-refractivity contribution in [3.05, 3.63) is 203 Å². The number of hydrogen-bond acceptors (Lipinski definition) is 2. The van der Waals surface area contributed by atoms with Gasteiger partial charge in [0.05, 0.1) is 50.1 Å². The Hall–Kier alpha value is -8.68. The summed E-state index contributed by atoms with van der Waals surface area (Å²) in [5.74, 6) is 0. The SMILES string of the molecule is Cc1ccc2c(c1)c1cc(C)ccc1n2-c1c(C#N)c(-c2cccc(-c3ccc(C(F)(F)F)cc3)c2)c(C=N)c2c1-c1cccc(c1)-c1ccc(C(F)(F)F)cc1-c1ccc3c(c1)c1cc(C)ccc1n3-2. The Kier molecular flexibility index (Phi) is 9.62. The van der Waals surface area contributed by atoms with E-state index in [4.69, 9.17) is 0 Å². The van der Waals surface area contributed by atoms with Crippen LogP contribution in [0.2, 0.25) is 0 Å². The minimum atomic E-state index is -4.60. The lowest BCUT2D eigenvalue weighted by Crippen LogP contribution is -2.12. The van der Waals surface area contributed by atoms with E-state index in [-0.39, 0.29) is 5.56 Å². The molecule has 0 amide bonds. The van der Waals surface area contributed by atoms with Crippen LogP contribution >= 0.6 is 0 Å². The molecule has 4 nitrogen and oxygen atoms in total. The summed E-state index contributed by atoms with van der Waals surface area (Å²) in [4.78, 5) is 0. The van der Waals surface area contributed by atoms with Gasteiger partial charge in [-0.15, -0.1) is 0 Å². The Morgan fingerprint density at radius 3 is 1.44 bits per heavy atom. The first kappa shape index (κ1) is 43.6. The van der Waals surface area contributed by atoms with Crippen LogP contribution in [0.1, 0.15) is 38.9 Å². The van der Waals surface area contributed by atoms with E-state index in [1.807, 2.05) is 118 Å². The monoisotopic (exact) mass is 940 g/mol. The average Bonchev–Trinajstić information content (AvgIpc) is 3.84. The van der Waals surface area contributed by atoms with E-state index in [9.17, 15) is 37.0 Å². The molecule has 0 atom stereocenters. The van der Waals surface area contributed by atoms with Crippen LogP contribution < -0.4 is 0 Å². The Labute approximate surface area is 403 Å². The molecule has 0 spiro atoms. The molecule has 0 aliphatic carbocycles. The predicted molar refractivity (Wildman–Crippen MR) is 273 cm³/mol. The minimum Gasteiger partial charge on any atom is -0.308 e. The molecule has 9 aromatic carbocycles. The minimum absolute atomic E-state index is 0.235. The Morgan fingerprint density at radius 2 is 0.887 bits per heavy atom. The van der Waals surface area contributed by atoms with Crippen LogP contribution in [-0.4, -0.2) is 15.3 Å². The van der Waals surface area contributed by atoms with Gasteiger partial charge in [-0.2, -0.15) is 31.6 Å².